The highest BCUT2D eigenvalue weighted by atomic mass is 15.1. The number of aromatic nitrogens is 5. The van der Waals surface area contributed by atoms with Gasteiger partial charge in [-0.3, -0.25) is 9.13 Å². The SMILES string of the molecule is c1ccc(-c2cc(-c3nc4ccccc4n3-c3ccccc3)nc(-c3nc4ccccc4n3-c3ccccc3)c2)cc1. The molecule has 8 aromatic rings. The summed E-state index contributed by atoms with van der Waals surface area (Å²) in [5.41, 5.74) is 9.67. The van der Waals surface area contributed by atoms with Crippen molar-refractivity contribution in [3.63, 3.8) is 0 Å². The summed E-state index contributed by atoms with van der Waals surface area (Å²) >= 11 is 0. The zero-order valence-corrected chi connectivity index (χ0v) is 22.7. The van der Waals surface area contributed by atoms with E-state index in [1.165, 1.54) is 0 Å². The highest BCUT2D eigenvalue weighted by molar-refractivity contribution is 5.86. The molecule has 0 aliphatic heterocycles. The molecule has 0 radical (unpaired) electrons. The summed E-state index contributed by atoms with van der Waals surface area (Å²) in [5, 5.41) is 0. The molecule has 3 aromatic heterocycles. The molecule has 42 heavy (non-hydrogen) atoms. The highest BCUT2D eigenvalue weighted by Crippen LogP contribution is 2.35. The lowest BCUT2D eigenvalue weighted by Crippen LogP contribution is -2.03. The van der Waals surface area contributed by atoms with E-state index in [2.05, 4.69) is 130 Å². The molecule has 0 N–H and O–H groups in total. The number of pyridine rings is 1. The Balaban J connectivity index is 1.44. The highest BCUT2D eigenvalue weighted by Gasteiger charge is 2.21. The minimum absolute atomic E-state index is 0.776. The van der Waals surface area contributed by atoms with Crippen molar-refractivity contribution < 1.29 is 0 Å². The van der Waals surface area contributed by atoms with Crippen molar-refractivity contribution >= 4 is 22.1 Å². The lowest BCUT2D eigenvalue weighted by molar-refractivity contribution is 1.06. The molecule has 8 rings (SSSR count). The van der Waals surface area contributed by atoms with E-state index in [4.69, 9.17) is 15.0 Å². The maximum absolute atomic E-state index is 5.30. The van der Waals surface area contributed by atoms with E-state index in [-0.39, 0.29) is 0 Å². The van der Waals surface area contributed by atoms with Crippen molar-refractivity contribution in [3.05, 3.63) is 152 Å². The number of hydrogen-bond acceptors (Lipinski definition) is 3. The molecule has 0 saturated heterocycles. The van der Waals surface area contributed by atoms with Crippen LogP contribution < -0.4 is 0 Å². The Labute approximate surface area is 243 Å². The standard InChI is InChI=1S/C37H25N5/c1-4-14-26(15-5-1)27-24-32(36-39-30-20-10-12-22-34(30)41(36)28-16-6-2-7-17-28)38-33(25-27)37-40-31-21-11-13-23-35(31)42(37)29-18-8-3-9-19-29/h1-25H. The third kappa shape index (κ3) is 4.07. The summed E-state index contributed by atoms with van der Waals surface area (Å²) < 4.78 is 4.38. The Morgan fingerprint density at radius 1 is 0.357 bits per heavy atom. The van der Waals surface area contributed by atoms with Crippen molar-refractivity contribution in [2.75, 3.05) is 0 Å². The number of fused-ring (bicyclic) bond motifs is 2. The van der Waals surface area contributed by atoms with Crippen LogP contribution in [0.2, 0.25) is 0 Å². The van der Waals surface area contributed by atoms with Crippen LogP contribution in [-0.2, 0) is 0 Å². The first-order valence-electron chi connectivity index (χ1n) is 14.0. The molecule has 0 bridgehead atoms. The molecule has 0 fully saturated rings. The maximum atomic E-state index is 5.30. The van der Waals surface area contributed by atoms with Gasteiger partial charge in [-0.25, -0.2) is 15.0 Å². The number of hydrogen-bond donors (Lipinski definition) is 0. The summed E-state index contributed by atoms with van der Waals surface area (Å²) in [6.07, 6.45) is 0. The van der Waals surface area contributed by atoms with Crippen molar-refractivity contribution in [1.29, 1.82) is 0 Å². The average Bonchev–Trinajstić information content (AvgIpc) is 3.65. The van der Waals surface area contributed by atoms with Crippen LogP contribution in [0.25, 0.3) is 67.6 Å². The van der Waals surface area contributed by atoms with Gasteiger partial charge in [-0.05, 0) is 71.8 Å². The van der Waals surface area contributed by atoms with Crippen molar-refractivity contribution in [2.24, 2.45) is 0 Å². The van der Waals surface area contributed by atoms with Crippen LogP contribution >= 0.6 is 0 Å². The third-order valence-corrected chi connectivity index (χ3v) is 7.54. The first-order chi connectivity index (χ1) is 20.8. The lowest BCUT2D eigenvalue weighted by atomic mass is 10.0. The molecular formula is C37H25N5. The van der Waals surface area contributed by atoms with Gasteiger partial charge in [0.2, 0.25) is 0 Å². The molecule has 198 valence electrons. The molecular weight excluding hydrogens is 514 g/mol. The van der Waals surface area contributed by atoms with Crippen LogP contribution in [0, 0.1) is 0 Å². The van der Waals surface area contributed by atoms with Gasteiger partial charge < -0.3 is 0 Å². The molecule has 0 saturated carbocycles. The second kappa shape index (κ2) is 9.98. The van der Waals surface area contributed by atoms with Gasteiger partial charge in [0.15, 0.2) is 11.6 Å². The van der Waals surface area contributed by atoms with Crippen molar-refractivity contribution in [1.82, 2.24) is 24.1 Å². The van der Waals surface area contributed by atoms with E-state index >= 15 is 0 Å². The van der Waals surface area contributed by atoms with Gasteiger partial charge in [0.25, 0.3) is 0 Å². The molecule has 0 unspecified atom stereocenters. The van der Waals surface area contributed by atoms with Crippen LogP contribution in [0.5, 0.6) is 0 Å². The van der Waals surface area contributed by atoms with Gasteiger partial charge in [0, 0.05) is 11.4 Å². The smallest absolute Gasteiger partial charge is 0.164 e. The normalized spacial score (nSPS) is 11.3. The van der Waals surface area contributed by atoms with Crippen LogP contribution in [0.15, 0.2) is 152 Å². The van der Waals surface area contributed by atoms with E-state index in [0.29, 0.717) is 0 Å². The number of rotatable bonds is 5. The van der Waals surface area contributed by atoms with Crippen molar-refractivity contribution in [3.8, 4) is 45.5 Å². The Morgan fingerprint density at radius 2 is 0.762 bits per heavy atom. The molecule has 0 aliphatic carbocycles. The van der Waals surface area contributed by atoms with Crippen LogP contribution in [0.4, 0.5) is 0 Å². The van der Waals surface area contributed by atoms with E-state index in [1.807, 2.05) is 30.3 Å². The fourth-order valence-corrected chi connectivity index (χ4v) is 5.63. The summed E-state index contributed by atoms with van der Waals surface area (Å²) in [4.78, 5) is 15.5. The molecule has 0 amide bonds. The Bertz CT molecular complexity index is 2040. The van der Waals surface area contributed by atoms with Crippen molar-refractivity contribution in [2.45, 2.75) is 0 Å². The average molecular weight is 540 g/mol. The molecule has 3 heterocycles. The van der Waals surface area contributed by atoms with Gasteiger partial charge in [0.1, 0.15) is 11.4 Å². The van der Waals surface area contributed by atoms with Gasteiger partial charge in [-0.1, -0.05) is 91.0 Å². The molecule has 0 aliphatic rings. The summed E-state index contributed by atoms with van der Waals surface area (Å²) in [6, 6.07) is 51.8. The Morgan fingerprint density at radius 3 is 1.24 bits per heavy atom. The predicted molar refractivity (Wildman–Crippen MR) is 170 cm³/mol. The first kappa shape index (κ1) is 24.0. The number of benzene rings is 5. The number of nitrogens with zero attached hydrogens (tertiary/aromatic N) is 5. The summed E-state index contributed by atoms with van der Waals surface area (Å²) in [6.45, 7) is 0. The maximum Gasteiger partial charge on any atom is 0.164 e. The lowest BCUT2D eigenvalue weighted by Gasteiger charge is -2.14. The fraction of sp³-hybridized carbons (Fsp3) is 0. The minimum Gasteiger partial charge on any atom is -0.291 e. The third-order valence-electron chi connectivity index (χ3n) is 7.54. The first-order valence-corrected chi connectivity index (χ1v) is 14.0. The van der Waals surface area contributed by atoms with E-state index in [0.717, 1.165) is 67.6 Å². The fourth-order valence-electron chi connectivity index (χ4n) is 5.63. The van der Waals surface area contributed by atoms with Gasteiger partial charge in [-0.15, -0.1) is 0 Å². The molecule has 0 spiro atoms. The van der Waals surface area contributed by atoms with Gasteiger partial charge in [0.05, 0.1) is 22.1 Å². The topological polar surface area (TPSA) is 48.5 Å². The predicted octanol–water partition coefficient (Wildman–Crippen LogP) is 8.76. The number of imidazole rings is 2. The summed E-state index contributed by atoms with van der Waals surface area (Å²) in [5.74, 6) is 1.56. The molecule has 5 nitrogen and oxygen atoms in total. The largest absolute Gasteiger partial charge is 0.291 e. The molecule has 5 aromatic carbocycles. The number of para-hydroxylation sites is 6. The second-order valence-electron chi connectivity index (χ2n) is 10.2. The van der Waals surface area contributed by atoms with Gasteiger partial charge in [-0.2, -0.15) is 0 Å². The van der Waals surface area contributed by atoms with Crippen LogP contribution in [-0.4, -0.2) is 24.1 Å². The Kier molecular flexibility index (Phi) is 5.71. The van der Waals surface area contributed by atoms with E-state index < -0.39 is 0 Å². The quantitative estimate of drug-likeness (QED) is 0.220. The zero-order chi connectivity index (χ0) is 27.9. The minimum atomic E-state index is 0.776. The van der Waals surface area contributed by atoms with Crippen LogP contribution in [0.3, 0.4) is 0 Å². The summed E-state index contributed by atoms with van der Waals surface area (Å²) in [7, 11) is 0. The zero-order valence-electron chi connectivity index (χ0n) is 22.7. The van der Waals surface area contributed by atoms with E-state index in [9.17, 15) is 0 Å². The monoisotopic (exact) mass is 539 g/mol. The van der Waals surface area contributed by atoms with E-state index in [1.54, 1.807) is 0 Å². The molecule has 0 atom stereocenters. The second-order valence-corrected chi connectivity index (χ2v) is 10.2. The van der Waals surface area contributed by atoms with Crippen LogP contribution in [0.1, 0.15) is 0 Å². The molecule has 5 heteroatoms. The van der Waals surface area contributed by atoms with Gasteiger partial charge >= 0.3 is 0 Å². The Hall–Kier alpha value is -5.81.